The van der Waals surface area contributed by atoms with Crippen molar-refractivity contribution in [2.24, 2.45) is 0 Å². The van der Waals surface area contributed by atoms with Crippen LogP contribution in [0.25, 0.3) is 62.4 Å². The van der Waals surface area contributed by atoms with Crippen molar-refractivity contribution in [2.75, 3.05) is 0 Å². The molecule has 7 heteroatoms. The van der Waals surface area contributed by atoms with Gasteiger partial charge in [0.2, 0.25) is 0 Å². The van der Waals surface area contributed by atoms with E-state index in [0.717, 1.165) is 85.1 Å². The molecule has 0 aliphatic heterocycles. The van der Waals surface area contributed by atoms with Gasteiger partial charge in [0, 0.05) is 31.3 Å². The van der Waals surface area contributed by atoms with Crippen LogP contribution in [0.4, 0.5) is 0 Å². The number of fused-ring (bicyclic) bond motifs is 8. The van der Waals surface area contributed by atoms with Crippen molar-refractivity contribution in [3.63, 3.8) is 0 Å². The van der Waals surface area contributed by atoms with Crippen LogP contribution in [0.5, 0.6) is 0 Å². The van der Waals surface area contributed by atoms with Gasteiger partial charge in [-0.25, -0.2) is 0 Å². The number of hydrogen-bond donors (Lipinski definition) is 0. The van der Waals surface area contributed by atoms with Gasteiger partial charge in [-0.05, 0) is 70.2 Å². The van der Waals surface area contributed by atoms with E-state index in [0.29, 0.717) is 9.40 Å². The van der Waals surface area contributed by atoms with Crippen molar-refractivity contribution in [1.29, 1.82) is 0 Å². The number of nitrogens with zero attached hydrogens (tertiary/aromatic N) is 2. The van der Waals surface area contributed by atoms with Crippen LogP contribution in [0, 0.1) is 0 Å². The van der Waals surface area contributed by atoms with Gasteiger partial charge in [0.15, 0.2) is 0 Å². The maximum atomic E-state index is 14.2. The molecule has 7 heterocycles. The zero-order valence-corrected chi connectivity index (χ0v) is 28.0. The number of allylic oxidation sites excluding steroid dienone is 10. The van der Waals surface area contributed by atoms with Gasteiger partial charge in [0.1, 0.15) is 9.40 Å². The summed E-state index contributed by atoms with van der Waals surface area (Å²) in [6, 6.07) is 13.0. The fourth-order valence-electron chi connectivity index (χ4n) is 7.26. The summed E-state index contributed by atoms with van der Waals surface area (Å²) in [6.07, 6.45) is 22.1. The largest absolute Gasteiger partial charge is 0.274 e. The van der Waals surface area contributed by atoms with Gasteiger partial charge in [-0.3, -0.25) is 18.4 Å². The minimum atomic E-state index is -0.0253. The highest BCUT2D eigenvalue weighted by Gasteiger charge is 2.24. The van der Waals surface area contributed by atoms with Crippen LogP contribution in [0.15, 0.2) is 106 Å². The lowest BCUT2D eigenvalue weighted by atomic mass is 10.0. The van der Waals surface area contributed by atoms with E-state index < -0.39 is 0 Å². The van der Waals surface area contributed by atoms with E-state index in [4.69, 9.17) is 0 Å². The Labute approximate surface area is 276 Å². The standard InChI is InChI=1S/C39H30N2O2S3/c1-3-9-22(4-2)12-14-24-18-30-32(44-24)20-28-26-16-17-27-29-21-33-31(19-25(45-33)15-13-23-10-7-5-6-8-11-23)41(29)39(43)37-35(27)34(26)36(46-37)38(42)40(28)30/h3-7,9-11,16-21H,8,12-15H2,1-2H3/b9-3-,22-4+. The summed E-state index contributed by atoms with van der Waals surface area (Å²) in [7, 11) is 0. The summed E-state index contributed by atoms with van der Waals surface area (Å²) >= 11 is 4.93. The summed E-state index contributed by atoms with van der Waals surface area (Å²) in [5.41, 5.74) is 6.42. The molecule has 0 saturated heterocycles. The van der Waals surface area contributed by atoms with Crippen molar-refractivity contribution < 1.29 is 0 Å². The zero-order chi connectivity index (χ0) is 31.1. The summed E-state index contributed by atoms with van der Waals surface area (Å²) < 4.78 is 7.39. The maximum absolute atomic E-state index is 14.2. The second kappa shape index (κ2) is 10.6. The molecule has 0 fully saturated rings. The van der Waals surface area contributed by atoms with Gasteiger partial charge in [-0.2, -0.15) is 0 Å². The second-order valence-electron chi connectivity index (χ2n) is 12.1. The first-order valence-electron chi connectivity index (χ1n) is 15.8. The predicted octanol–water partition coefficient (Wildman–Crippen LogP) is 10.6. The van der Waals surface area contributed by atoms with Crippen LogP contribution in [0.2, 0.25) is 0 Å². The first-order chi connectivity index (χ1) is 22.5. The van der Waals surface area contributed by atoms with Gasteiger partial charge < -0.3 is 0 Å². The number of hydrogen-bond acceptors (Lipinski definition) is 5. The van der Waals surface area contributed by atoms with Gasteiger partial charge >= 0.3 is 0 Å². The first kappa shape index (κ1) is 28.0. The lowest BCUT2D eigenvalue weighted by Crippen LogP contribution is -2.11. The molecular weight excluding hydrogens is 625 g/mol. The molecule has 9 rings (SSSR count). The average molecular weight is 655 g/mol. The van der Waals surface area contributed by atoms with Gasteiger partial charge in [0.05, 0.1) is 31.5 Å². The van der Waals surface area contributed by atoms with E-state index in [1.54, 1.807) is 22.7 Å². The molecule has 0 amide bonds. The normalized spacial score (nSPS) is 14.7. The molecule has 0 radical (unpaired) electrons. The predicted molar refractivity (Wildman–Crippen MR) is 201 cm³/mol. The molecule has 0 atom stereocenters. The topological polar surface area (TPSA) is 43.0 Å². The SMILES string of the molecule is C/C=C\C(=C/C)CCc1cc2c(cc3c4ccc5c6c(sc(c(=O)n23)c46)c(=O)n2c3cc(CCC4=CCC=CC=C4)sc3cc52)s1. The van der Waals surface area contributed by atoms with E-state index in [1.165, 1.54) is 32.2 Å². The smallest absolute Gasteiger partial charge is 0.273 e. The lowest BCUT2D eigenvalue weighted by Gasteiger charge is -2.07. The Morgan fingerprint density at radius 2 is 1.39 bits per heavy atom. The van der Waals surface area contributed by atoms with E-state index in [2.05, 4.69) is 91.9 Å². The van der Waals surface area contributed by atoms with E-state index in [1.807, 2.05) is 15.7 Å². The molecule has 1 aromatic carbocycles. The third-order valence-electron chi connectivity index (χ3n) is 9.44. The quantitative estimate of drug-likeness (QED) is 0.127. The number of rotatable bonds is 7. The Kier molecular flexibility index (Phi) is 6.46. The summed E-state index contributed by atoms with van der Waals surface area (Å²) in [5, 5.41) is 3.96. The molecular formula is C39H30N2O2S3. The summed E-state index contributed by atoms with van der Waals surface area (Å²) in [6.45, 7) is 4.13. The van der Waals surface area contributed by atoms with Crippen molar-refractivity contribution in [1.82, 2.24) is 8.80 Å². The number of aryl methyl sites for hydroxylation is 2. The van der Waals surface area contributed by atoms with Crippen LogP contribution >= 0.6 is 34.0 Å². The number of pyridine rings is 2. The van der Waals surface area contributed by atoms with Crippen LogP contribution < -0.4 is 11.1 Å². The highest BCUT2D eigenvalue weighted by atomic mass is 32.1. The Morgan fingerprint density at radius 3 is 2.00 bits per heavy atom. The molecule has 226 valence electrons. The van der Waals surface area contributed by atoms with Crippen molar-refractivity contribution in [2.45, 2.75) is 46.0 Å². The number of thiophene rings is 3. The van der Waals surface area contributed by atoms with Crippen LogP contribution in [0.3, 0.4) is 0 Å². The van der Waals surface area contributed by atoms with Crippen LogP contribution in [-0.4, -0.2) is 8.80 Å². The molecule has 0 unspecified atom stereocenters. The fraction of sp³-hybridized carbons (Fsp3) is 0.179. The molecule has 0 bridgehead atoms. The molecule has 0 saturated carbocycles. The van der Waals surface area contributed by atoms with E-state index >= 15 is 0 Å². The first-order valence-corrected chi connectivity index (χ1v) is 18.3. The van der Waals surface area contributed by atoms with Crippen LogP contribution in [0.1, 0.15) is 42.9 Å². The highest BCUT2D eigenvalue weighted by molar-refractivity contribution is 7.26. The summed E-state index contributed by atoms with van der Waals surface area (Å²) in [5.74, 6) is 0. The molecule has 1 aliphatic carbocycles. The average Bonchev–Trinajstić information content (AvgIpc) is 3.84. The minimum absolute atomic E-state index is 0.0241. The van der Waals surface area contributed by atoms with E-state index in [9.17, 15) is 9.59 Å². The summed E-state index contributed by atoms with van der Waals surface area (Å²) in [4.78, 5) is 31.0. The number of benzene rings is 1. The third-order valence-corrected chi connectivity index (χ3v) is 12.9. The van der Waals surface area contributed by atoms with Crippen LogP contribution in [-0.2, 0) is 12.8 Å². The van der Waals surface area contributed by atoms with E-state index in [-0.39, 0.29) is 11.1 Å². The number of aromatic nitrogens is 2. The molecule has 7 aromatic heterocycles. The monoisotopic (exact) mass is 654 g/mol. The lowest BCUT2D eigenvalue weighted by molar-refractivity contribution is 0.980. The Hall–Kier alpha value is -4.30. The molecule has 46 heavy (non-hydrogen) atoms. The Morgan fingerprint density at radius 1 is 0.761 bits per heavy atom. The Balaban J connectivity index is 1.18. The van der Waals surface area contributed by atoms with Gasteiger partial charge in [-0.15, -0.1) is 34.0 Å². The second-order valence-corrected chi connectivity index (χ2v) is 15.5. The molecule has 8 aromatic rings. The maximum Gasteiger partial charge on any atom is 0.273 e. The van der Waals surface area contributed by atoms with Gasteiger partial charge in [0.25, 0.3) is 11.1 Å². The molecule has 4 nitrogen and oxygen atoms in total. The minimum Gasteiger partial charge on any atom is -0.274 e. The van der Waals surface area contributed by atoms with Crippen molar-refractivity contribution in [3.8, 4) is 0 Å². The zero-order valence-electron chi connectivity index (χ0n) is 25.6. The highest BCUT2D eigenvalue weighted by Crippen LogP contribution is 2.43. The third kappa shape index (κ3) is 4.08. The Bertz CT molecular complexity index is 2790. The fourth-order valence-corrected chi connectivity index (χ4v) is 10.6. The molecule has 1 aliphatic rings. The van der Waals surface area contributed by atoms with Crippen molar-refractivity contribution >= 4 is 96.4 Å². The van der Waals surface area contributed by atoms with Gasteiger partial charge in [-0.1, -0.05) is 71.9 Å². The molecule has 0 N–H and O–H groups in total. The van der Waals surface area contributed by atoms with Crippen molar-refractivity contribution in [3.05, 3.63) is 127 Å². The molecule has 0 spiro atoms.